The highest BCUT2D eigenvalue weighted by Gasteiger charge is 2.06. The summed E-state index contributed by atoms with van der Waals surface area (Å²) in [7, 11) is 0. The lowest BCUT2D eigenvalue weighted by molar-refractivity contribution is 0.0955. The van der Waals surface area contributed by atoms with E-state index in [0.717, 1.165) is 4.88 Å². The van der Waals surface area contributed by atoms with Crippen LogP contribution in [0, 0.1) is 5.82 Å². The number of hydrazone groups is 1. The monoisotopic (exact) mass is 296 g/mol. The molecule has 1 aromatic carbocycles. The number of benzene rings is 1. The third-order valence-electron chi connectivity index (χ3n) is 2.36. The second-order valence-corrected chi connectivity index (χ2v) is 5.46. The number of thiophene rings is 1. The quantitative estimate of drug-likeness (QED) is 0.681. The van der Waals surface area contributed by atoms with Gasteiger partial charge in [-0.2, -0.15) is 5.10 Å². The van der Waals surface area contributed by atoms with E-state index in [9.17, 15) is 9.18 Å². The van der Waals surface area contributed by atoms with Crippen LogP contribution in [0.1, 0.15) is 22.2 Å². The molecule has 1 amide bonds. The number of rotatable bonds is 3. The molecule has 0 radical (unpaired) electrons. The van der Waals surface area contributed by atoms with Crippen molar-refractivity contribution in [3.8, 4) is 0 Å². The topological polar surface area (TPSA) is 41.5 Å². The number of hydrogen-bond acceptors (Lipinski definition) is 3. The van der Waals surface area contributed by atoms with E-state index in [1.807, 2.05) is 6.07 Å². The molecule has 0 unspecified atom stereocenters. The highest BCUT2D eigenvalue weighted by molar-refractivity contribution is 7.18. The molecule has 0 aliphatic carbocycles. The van der Waals surface area contributed by atoms with Crippen LogP contribution in [-0.4, -0.2) is 11.6 Å². The van der Waals surface area contributed by atoms with Crippen molar-refractivity contribution in [1.82, 2.24) is 5.43 Å². The fourth-order valence-corrected chi connectivity index (χ4v) is 2.35. The second-order valence-electron chi connectivity index (χ2n) is 3.75. The van der Waals surface area contributed by atoms with Crippen molar-refractivity contribution in [2.75, 3.05) is 0 Å². The Morgan fingerprint density at radius 3 is 2.53 bits per heavy atom. The summed E-state index contributed by atoms with van der Waals surface area (Å²) < 4.78 is 13.4. The van der Waals surface area contributed by atoms with E-state index in [4.69, 9.17) is 11.6 Å². The van der Waals surface area contributed by atoms with Gasteiger partial charge in [0, 0.05) is 5.56 Å². The molecule has 0 fully saturated rings. The molecular weight excluding hydrogens is 287 g/mol. The van der Waals surface area contributed by atoms with Crippen LogP contribution in [0.4, 0.5) is 4.39 Å². The largest absolute Gasteiger partial charge is 0.271 e. The van der Waals surface area contributed by atoms with Gasteiger partial charge >= 0.3 is 0 Å². The maximum atomic E-state index is 12.7. The van der Waals surface area contributed by atoms with Crippen LogP contribution in [0.3, 0.4) is 0 Å². The van der Waals surface area contributed by atoms with Crippen LogP contribution < -0.4 is 5.43 Å². The minimum Gasteiger partial charge on any atom is -0.267 e. The van der Waals surface area contributed by atoms with E-state index < -0.39 is 0 Å². The first-order valence-corrected chi connectivity index (χ1v) is 6.61. The van der Waals surface area contributed by atoms with Gasteiger partial charge in [-0.05, 0) is 43.3 Å². The van der Waals surface area contributed by atoms with E-state index in [0.29, 0.717) is 15.6 Å². The van der Waals surface area contributed by atoms with E-state index in [1.54, 1.807) is 13.0 Å². The number of carbonyl (C=O) groups is 1. The summed E-state index contributed by atoms with van der Waals surface area (Å²) in [5.74, 6) is -0.772. The van der Waals surface area contributed by atoms with Crippen molar-refractivity contribution in [3.05, 3.63) is 57.0 Å². The predicted molar refractivity (Wildman–Crippen MR) is 75.4 cm³/mol. The van der Waals surface area contributed by atoms with Crippen LogP contribution >= 0.6 is 22.9 Å². The van der Waals surface area contributed by atoms with Gasteiger partial charge in [-0.3, -0.25) is 4.79 Å². The van der Waals surface area contributed by atoms with E-state index >= 15 is 0 Å². The fraction of sp³-hybridized carbons (Fsp3) is 0.0769. The Kier molecular flexibility index (Phi) is 4.29. The van der Waals surface area contributed by atoms with Gasteiger partial charge in [0.05, 0.1) is 14.9 Å². The molecule has 3 nitrogen and oxygen atoms in total. The molecule has 2 rings (SSSR count). The maximum absolute atomic E-state index is 12.7. The lowest BCUT2D eigenvalue weighted by Gasteiger charge is -2.01. The van der Waals surface area contributed by atoms with Crippen molar-refractivity contribution in [2.24, 2.45) is 5.10 Å². The predicted octanol–water partition coefficient (Wildman–Crippen LogP) is 3.69. The first kappa shape index (κ1) is 13.7. The Labute approximate surface area is 118 Å². The van der Waals surface area contributed by atoms with Gasteiger partial charge in [0.2, 0.25) is 0 Å². The van der Waals surface area contributed by atoms with Gasteiger partial charge in [0.25, 0.3) is 5.91 Å². The molecule has 0 saturated heterocycles. The zero-order chi connectivity index (χ0) is 13.8. The van der Waals surface area contributed by atoms with Crippen LogP contribution in [-0.2, 0) is 0 Å². The molecular formula is C13H10ClFN2OS. The Morgan fingerprint density at radius 1 is 1.26 bits per heavy atom. The first-order valence-electron chi connectivity index (χ1n) is 5.42. The van der Waals surface area contributed by atoms with Crippen LogP contribution in [0.5, 0.6) is 0 Å². The SMILES string of the molecule is C/C(=N/NC(=O)c1ccc(F)cc1)c1ccc(Cl)s1. The zero-order valence-corrected chi connectivity index (χ0v) is 11.6. The smallest absolute Gasteiger partial charge is 0.267 e. The summed E-state index contributed by atoms with van der Waals surface area (Å²) in [6, 6.07) is 8.85. The Balaban J connectivity index is 2.05. The van der Waals surface area contributed by atoms with Crippen molar-refractivity contribution >= 4 is 34.6 Å². The summed E-state index contributed by atoms with van der Waals surface area (Å²) in [5, 5.41) is 3.98. The Morgan fingerprint density at radius 2 is 1.95 bits per heavy atom. The summed E-state index contributed by atoms with van der Waals surface area (Å²) in [6.45, 7) is 1.77. The lowest BCUT2D eigenvalue weighted by Crippen LogP contribution is -2.19. The minimum atomic E-state index is -0.387. The molecule has 0 atom stereocenters. The fourth-order valence-electron chi connectivity index (χ4n) is 1.36. The zero-order valence-electron chi connectivity index (χ0n) is 9.98. The standard InChI is InChI=1S/C13H10ClFN2OS/c1-8(11-6-7-12(14)19-11)16-17-13(18)9-2-4-10(15)5-3-9/h2-7H,1H3,(H,17,18)/b16-8-. The minimum absolute atomic E-state index is 0.349. The molecule has 6 heteroatoms. The van der Waals surface area contributed by atoms with Gasteiger partial charge < -0.3 is 0 Å². The molecule has 98 valence electrons. The number of halogens is 2. The third kappa shape index (κ3) is 3.62. The Hall–Kier alpha value is -1.72. The molecule has 0 spiro atoms. The van der Waals surface area contributed by atoms with Crippen LogP contribution in [0.15, 0.2) is 41.5 Å². The average Bonchev–Trinajstić information content (AvgIpc) is 2.83. The van der Waals surface area contributed by atoms with Crippen LogP contribution in [0.2, 0.25) is 4.34 Å². The van der Waals surface area contributed by atoms with Crippen molar-refractivity contribution < 1.29 is 9.18 Å². The van der Waals surface area contributed by atoms with Gasteiger partial charge in [0.1, 0.15) is 5.82 Å². The molecule has 1 heterocycles. The van der Waals surface area contributed by atoms with Crippen molar-refractivity contribution in [2.45, 2.75) is 6.92 Å². The summed E-state index contributed by atoms with van der Waals surface area (Å²) in [6.07, 6.45) is 0. The van der Waals surface area contributed by atoms with Crippen LogP contribution in [0.25, 0.3) is 0 Å². The van der Waals surface area contributed by atoms with Crippen molar-refractivity contribution in [3.63, 3.8) is 0 Å². The normalized spacial score (nSPS) is 11.4. The number of nitrogens with zero attached hydrogens (tertiary/aromatic N) is 1. The number of nitrogens with one attached hydrogen (secondary N) is 1. The Bertz CT molecular complexity index is 622. The number of carbonyl (C=O) groups excluding carboxylic acids is 1. The summed E-state index contributed by atoms with van der Waals surface area (Å²) in [4.78, 5) is 12.6. The molecule has 2 aromatic rings. The van der Waals surface area contributed by atoms with Gasteiger partial charge in [-0.25, -0.2) is 9.82 Å². The van der Waals surface area contributed by atoms with Gasteiger partial charge in [-0.15, -0.1) is 11.3 Å². The molecule has 0 aliphatic heterocycles. The van der Waals surface area contributed by atoms with E-state index in [2.05, 4.69) is 10.5 Å². The lowest BCUT2D eigenvalue weighted by atomic mass is 10.2. The molecule has 0 saturated carbocycles. The molecule has 19 heavy (non-hydrogen) atoms. The van der Waals surface area contributed by atoms with Gasteiger partial charge in [0.15, 0.2) is 0 Å². The molecule has 1 aromatic heterocycles. The number of amides is 1. The maximum Gasteiger partial charge on any atom is 0.271 e. The van der Waals surface area contributed by atoms with E-state index in [-0.39, 0.29) is 11.7 Å². The highest BCUT2D eigenvalue weighted by Crippen LogP contribution is 2.21. The highest BCUT2D eigenvalue weighted by atomic mass is 35.5. The van der Waals surface area contributed by atoms with E-state index in [1.165, 1.54) is 35.6 Å². The first-order chi connectivity index (χ1) is 9.06. The molecule has 0 bridgehead atoms. The summed E-state index contributed by atoms with van der Waals surface area (Å²) in [5.41, 5.74) is 3.42. The second kappa shape index (κ2) is 5.95. The molecule has 1 N–H and O–H groups in total. The summed E-state index contributed by atoms with van der Waals surface area (Å²) >= 11 is 7.20. The van der Waals surface area contributed by atoms with Crippen molar-refractivity contribution in [1.29, 1.82) is 0 Å². The third-order valence-corrected chi connectivity index (χ3v) is 3.70. The average molecular weight is 297 g/mol. The van der Waals surface area contributed by atoms with Gasteiger partial charge in [-0.1, -0.05) is 11.6 Å². The number of hydrogen-bond donors (Lipinski definition) is 1. The molecule has 0 aliphatic rings.